The lowest BCUT2D eigenvalue weighted by Gasteiger charge is -2.26. The summed E-state index contributed by atoms with van der Waals surface area (Å²) in [6.07, 6.45) is 1.95. The number of carbonyl (C=O) groups is 2. The quantitative estimate of drug-likeness (QED) is 0.842. The van der Waals surface area contributed by atoms with Gasteiger partial charge in [-0.25, -0.2) is 0 Å². The summed E-state index contributed by atoms with van der Waals surface area (Å²) in [7, 11) is 1.85. The Hall–Kier alpha value is -2.28. The van der Waals surface area contributed by atoms with Gasteiger partial charge in [-0.1, -0.05) is 29.4 Å². The van der Waals surface area contributed by atoms with Gasteiger partial charge in [0.15, 0.2) is 5.82 Å². The normalized spacial score (nSPS) is 16.8. The van der Waals surface area contributed by atoms with E-state index in [0.29, 0.717) is 11.6 Å². The van der Waals surface area contributed by atoms with E-state index in [1.54, 1.807) is 19.9 Å². The lowest BCUT2D eigenvalue weighted by atomic mass is 10.1. The van der Waals surface area contributed by atoms with E-state index in [2.05, 4.69) is 22.6 Å². The summed E-state index contributed by atoms with van der Waals surface area (Å²) in [4.78, 5) is 26.6. The van der Waals surface area contributed by atoms with Crippen LogP contribution in [-0.4, -0.2) is 39.9 Å². The van der Waals surface area contributed by atoms with Gasteiger partial charge in [-0.2, -0.15) is 0 Å². The Morgan fingerprint density at radius 3 is 2.92 bits per heavy atom. The second-order valence-electron chi connectivity index (χ2n) is 6.52. The maximum absolute atomic E-state index is 12.6. The Labute approximate surface area is 157 Å². The van der Waals surface area contributed by atoms with Crippen molar-refractivity contribution in [3.63, 3.8) is 0 Å². The van der Waals surface area contributed by atoms with Crippen molar-refractivity contribution in [3.8, 4) is 0 Å². The van der Waals surface area contributed by atoms with Gasteiger partial charge in [-0.05, 0) is 37.8 Å². The first-order chi connectivity index (χ1) is 12.5. The highest BCUT2D eigenvalue weighted by Gasteiger charge is 2.28. The number of hydrogen-bond donors (Lipinski definition) is 1. The lowest BCUT2D eigenvalue weighted by molar-refractivity contribution is -0.129. The van der Waals surface area contributed by atoms with Gasteiger partial charge in [0.25, 0.3) is 0 Å². The van der Waals surface area contributed by atoms with Crippen LogP contribution in [0, 0.1) is 6.92 Å². The predicted molar refractivity (Wildman–Crippen MR) is 102 cm³/mol. The molecular weight excluding hydrogens is 350 g/mol. The second-order valence-corrected chi connectivity index (χ2v) is 7.85. The van der Waals surface area contributed by atoms with E-state index in [9.17, 15) is 9.59 Å². The zero-order chi connectivity index (χ0) is 18.7. The zero-order valence-electron chi connectivity index (χ0n) is 15.2. The van der Waals surface area contributed by atoms with Gasteiger partial charge in [0.2, 0.25) is 11.8 Å². The topological polar surface area (TPSA) is 75.4 Å². The molecule has 2 unspecified atom stereocenters. The Morgan fingerprint density at radius 2 is 2.19 bits per heavy atom. The highest BCUT2D eigenvalue weighted by atomic mass is 32.2. The number of aryl methyl sites for hydroxylation is 2. The largest absolute Gasteiger partial charge is 0.360 e. The standard InChI is InChI=1S/C19H23N3O3S/c1-12-10-17(21-25-12)20-19(24)13(2)26-11-18(23)22(3)16-9-8-14-6-4-5-7-15(14)16/h4-7,10,13,16H,8-9,11H2,1-3H3,(H,20,21,24). The molecule has 0 radical (unpaired) electrons. The van der Waals surface area contributed by atoms with Gasteiger partial charge in [0.05, 0.1) is 17.0 Å². The summed E-state index contributed by atoms with van der Waals surface area (Å²) in [5.41, 5.74) is 2.56. The smallest absolute Gasteiger partial charge is 0.238 e. The van der Waals surface area contributed by atoms with E-state index in [1.165, 1.54) is 22.9 Å². The fraction of sp³-hybridized carbons (Fsp3) is 0.421. The Morgan fingerprint density at radius 1 is 1.42 bits per heavy atom. The molecule has 1 aliphatic carbocycles. The van der Waals surface area contributed by atoms with Crippen LogP contribution in [0.3, 0.4) is 0 Å². The van der Waals surface area contributed by atoms with Crippen LogP contribution in [0.25, 0.3) is 0 Å². The van der Waals surface area contributed by atoms with Gasteiger partial charge in [-0.15, -0.1) is 11.8 Å². The molecule has 2 atom stereocenters. The van der Waals surface area contributed by atoms with Crippen molar-refractivity contribution in [2.45, 2.75) is 38.0 Å². The second kappa shape index (κ2) is 7.95. The molecule has 0 spiro atoms. The molecule has 138 valence electrons. The monoisotopic (exact) mass is 373 g/mol. The molecule has 2 aromatic rings. The minimum atomic E-state index is -0.361. The number of fused-ring (bicyclic) bond motifs is 1. The van der Waals surface area contributed by atoms with Gasteiger partial charge in [0.1, 0.15) is 5.76 Å². The number of rotatable bonds is 6. The average molecular weight is 373 g/mol. The fourth-order valence-electron chi connectivity index (χ4n) is 3.14. The van der Waals surface area contributed by atoms with E-state index in [1.807, 2.05) is 24.1 Å². The fourth-order valence-corrected chi connectivity index (χ4v) is 3.94. The predicted octanol–water partition coefficient (Wildman–Crippen LogP) is 3.19. The van der Waals surface area contributed by atoms with E-state index in [0.717, 1.165) is 12.8 Å². The Balaban J connectivity index is 1.51. The molecule has 7 heteroatoms. The highest BCUT2D eigenvalue weighted by molar-refractivity contribution is 8.01. The minimum absolute atomic E-state index is 0.0358. The molecule has 1 heterocycles. The van der Waals surface area contributed by atoms with Crippen molar-refractivity contribution in [1.82, 2.24) is 10.1 Å². The summed E-state index contributed by atoms with van der Waals surface area (Å²) < 4.78 is 4.93. The van der Waals surface area contributed by atoms with Gasteiger partial charge < -0.3 is 14.7 Å². The van der Waals surface area contributed by atoms with E-state index >= 15 is 0 Å². The van der Waals surface area contributed by atoms with Gasteiger partial charge >= 0.3 is 0 Å². The number of hydrogen-bond acceptors (Lipinski definition) is 5. The highest BCUT2D eigenvalue weighted by Crippen LogP contribution is 2.35. The summed E-state index contributed by atoms with van der Waals surface area (Å²) in [5, 5.41) is 6.08. The van der Waals surface area contributed by atoms with E-state index < -0.39 is 0 Å². The first-order valence-electron chi connectivity index (χ1n) is 8.65. The number of nitrogens with one attached hydrogen (secondary N) is 1. The number of aromatic nitrogens is 1. The molecule has 1 aromatic carbocycles. The summed E-state index contributed by atoms with van der Waals surface area (Å²) in [5.74, 6) is 1.14. The van der Waals surface area contributed by atoms with Crippen molar-refractivity contribution in [2.75, 3.05) is 18.1 Å². The van der Waals surface area contributed by atoms with Crippen LogP contribution in [0.5, 0.6) is 0 Å². The summed E-state index contributed by atoms with van der Waals surface area (Å²) >= 11 is 1.33. The van der Waals surface area contributed by atoms with E-state index in [-0.39, 0.29) is 28.9 Å². The number of thioether (sulfide) groups is 1. The molecule has 0 saturated carbocycles. The molecule has 1 N–H and O–H groups in total. The van der Waals surface area contributed by atoms with Crippen molar-refractivity contribution in [3.05, 3.63) is 47.2 Å². The third-order valence-corrected chi connectivity index (χ3v) is 5.80. The Kier molecular flexibility index (Phi) is 5.66. The van der Waals surface area contributed by atoms with Crippen molar-refractivity contribution >= 4 is 29.4 Å². The van der Waals surface area contributed by atoms with E-state index in [4.69, 9.17) is 4.52 Å². The lowest BCUT2D eigenvalue weighted by Crippen LogP contribution is -2.33. The molecule has 0 aliphatic heterocycles. The molecule has 1 aliphatic rings. The summed E-state index contributed by atoms with van der Waals surface area (Å²) in [6, 6.07) is 10.1. The van der Waals surface area contributed by atoms with Crippen LogP contribution in [0.15, 0.2) is 34.9 Å². The first kappa shape index (κ1) is 18.5. The molecular formula is C19H23N3O3S. The molecule has 0 saturated heterocycles. The van der Waals surface area contributed by atoms with Crippen LogP contribution in [0.4, 0.5) is 5.82 Å². The van der Waals surface area contributed by atoms with Crippen molar-refractivity contribution < 1.29 is 14.1 Å². The van der Waals surface area contributed by atoms with Crippen LogP contribution in [0.1, 0.15) is 36.3 Å². The number of benzene rings is 1. The van der Waals surface area contributed by atoms with Crippen LogP contribution in [0.2, 0.25) is 0 Å². The zero-order valence-corrected chi connectivity index (χ0v) is 16.0. The molecule has 2 amide bonds. The van der Waals surface area contributed by atoms with Crippen LogP contribution >= 0.6 is 11.8 Å². The van der Waals surface area contributed by atoms with Crippen molar-refractivity contribution in [1.29, 1.82) is 0 Å². The molecule has 0 bridgehead atoms. The number of anilines is 1. The average Bonchev–Trinajstić information content (AvgIpc) is 3.24. The van der Waals surface area contributed by atoms with Crippen molar-refractivity contribution in [2.24, 2.45) is 0 Å². The number of amides is 2. The summed E-state index contributed by atoms with van der Waals surface area (Å²) in [6.45, 7) is 3.54. The van der Waals surface area contributed by atoms with Gasteiger partial charge in [-0.3, -0.25) is 9.59 Å². The maximum atomic E-state index is 12.6. The van der Waals surface area contributed by atoms with Gasteiger partial charge in [0, 0.05) is 13.1 Å². The third kappa shape index (κ3) is 4.09. The minimum Gasteiger partial charge on any atom is -0.360 e. The molecule has 1 aromatic heterocycles. The maximum Gasteiger partial charge on any atom is 0.238 e. The number of nitrogens with zero attached hydrogens (tertiary/aromatic N) is 2. The first-order valence-corrected chi connectivity index (χ1v) is 9.70. The molecule has 3 rings (SSSR count). The molecule has 6 nitrogen and oxygen atoms in total. The Bertz CT molecular complexity index is 805. The van der Waals surface area contributed by atoms with Crippen LogP contribution in [-0.2, 0) is 16.0 Å². The van der Waals surface area contributed by atoms with Crippen LogP contribution < -0.4 is 5.32 Å². The SMILES string of the molecule is Cc1cc(NC(=O)C(C)SCC(=O)N(C)C2CCc3ccccc32)no1. The molecule has 0 fully saturated rings. The molecule has 26 heavy (non-hydrogen) atoms. The number of carbonyl (C=O) groups excluding carboxylic acids is 2. The third-order valence-electron chi connectivity index (χ3n) is 4.67.